The van der Waals surface area contributed by atoms with Crippen molar-refractivity contribution in [1.29, 1.82) is 0 Å². The van der Waals surface area contributed by atoms with Crippen LogP contribution in [0.25, 0.3) is 0 Å². The van der Waals surface area contributed by atoms with Crippen LogP contribution in [0.1, 0.15) is 23.6 Å². The normalized spacial score (nSPS) is 17.0. The summed E-state index contributed by atoms with van der Waals surface area (Å²) in [6.45, 7) is 0. The van der Waals surface area contributed by atoms with Crippen molar-refractivity contribution in [2.24, 2.45) is 5.10 Å². The Kier molecular flexibility index (Phi) is 5.30. The first kappa shape index (κ1) is 19.4. The van der Waals surface area contributed by atoms with E-state index in [1.807, 2.05) is 0 Å². The molecule has 0 saturated carbocycles. The highest BCUT2D eigenvalue weighted by Crippen LogP contribution is 2.38. The molecular weight excluding hydrogens is 395 g/mol. The Morgan fingerprint density at radius 1 is 1.19 bits per heavy atom. The second-order valence-corrected chi connectivity index (χ2v) is 8.29. The first-order valence-corrected chi connectivity index (χ1v) is 10.2. The SMILES string of the molecule is COc1ccc(C2=NN(S(C)(=O)=O)C(c3ccc(Cl)c(F)c3)C2)c(OC)c1. The van der Waals surface area contributed by atoms with Gasteiger partial charge < -0.3 is 9.47 Å². The molecule has 0 aliphatic carbocycles. The van der Waals surface area contributed by atoms with Gasteiger partial charge in [0.1, 0.15) is 17.3 Å². The van der Waals surface area contributed by atoms with Crippen molar-refractivity contribution in [3.05, 3.63) is 58.4 Å². The van der Waals surface area contributed by atoms with Gasteiger partial charge in [0.15, 0.2) is 0 Å². The summed E-state index contributed by atoms with van der Waals surface area (Å²) in [6.07, 6.45) is 1.32. The molecular formula is C18H18ClFN2O4S. The number of rotatable bonds is 5. The highest BCUT2D eigenvalue weighted by molar-refractivity contribution is 7.88. The molecule has 0 radical (unpaired) electrons. The minimum atomic E-state index is -3.67. The van der Waals surface area contributed by atoms with Gasteiger partial charge in [-0.25, -0.2) is 12.8 Å². The standard InChI is InChI=1S/C18H18ClFN2O4S/c1-25-12-5-6-13(18(9-12)26-2)16-10-17(22(21-16)27(3,23)24)11-4-7-14(19)15(20)8-11/h4-9,17H,10H2,1-3H3. The third-order valence-corrected chi connectivity index (χ3v) is 5.58. The Hall–Kier alpha value is -2.32. The van der Waals surface area contributed by atoms with Crippen LogP contribution in [0.3, 0.4) is 0 Å². The lowest BCUT2D eigenvalue weighted by Gasteiger charge is -2.21. The minimum absolute atomic E-state index is 0.0272. The van der Waals surface area contributed by atoms with E-state index in [4.69, 9.17) is 21.1 Å². The van der Waals surface area contributed by atoms with Gasteiger partial charge in [-0.05, 0) is 29.8 Å². The molecule has 0 fully saturated rings. The average Bonchev–Trinajstić information content (AvgIpc) is 3.09. The fourth-order valence-corrected chi connectivity index (χ4v) is 3.98. The fourth-order valence-electron chi connectivity index (χ4n) is 2.96. The van der Waals surface area contributed by atoms with Crippen LogP contribution in [-0.4, -0.2) is 39.0 Å². The van der Waals surface area contributed by atoms with Crippen LogP contribution in [0.2, 0.25) is 5.02 Å². The first-order valence-electron chi connectivity index (χ1n) is 7.99. The molecule has 2 aromatic rings. The third-order valence-electron chi connectivity index (χ3n) is 4.26. The van der Waals surface area contributed by atoms with Crippen molar-refractivity contribution < 1.29 is 22.3 Å². The number of ether oxygens (including phenoxy) is 2. The first-order chi connectivity index (χ1) is 12.7. The zero-order valence-corrected chi connectivity index (χ0v) is 16.5. The second kappa shape index (κ2) is 7.36. The molecule has 0 N–H and O–H groups in total. The predicted molar refractivity (Wildman–Crippen MR) is 102 cm³/mol. The average molecular weight is 413 g/mol. The van der Waals surface area contributed by atoms with Crippen LogP contribution in [0, 0.1) is 5.82 Å². The number of halogens is 2. The molecule has 1 atom stereocenters. The molecule has 27 heavy (non-hydrogen) atoms. The Balaban J connectivity index is 2.05. The van der Waals surface area contributed by atoms with E-state index >= 15 is 0 Å². The maximum absolute atomic E-state index is 13.9. The summed E-state index contributed by atoms with van der Waals surface area (Å²) in [4.78, 5) is 0. The van der Waals surface area contributed by atoms with Crippen molar-refractivity contribution in [1.82, 2.24) is 4.41 Å². The molecule has 9 heteroatoms. The molecule has 0 saturated heterocycles. The Bertz CT molecular complexity index is 1010. The van der Waals surface area contributed by atoms with Crippen LogP contribution < -0.4 is 9.47 Å². The number of hydrogen-bond donors (Lipinski definition) is 0. The highest BCUT2D eigenvalue weighted by Gasteiger charge is 2.35. The van der Waals surface area contributed by atoms with Gasteiger partial charge in [0.25, 0.3) is 0 Å². The molecule has 0 aromatic heterocycles. The molecule has 2 aromatic carbocycles. The molecule has 1 unspecified atom stereocenters. The smallest absolute Gasteiger partial charge is 0.247 e. The van der Waals surface area contributed by atoms with E-state index in [9.17, 15) is 12.8 Å². The van der Waals surface area contributed by atoms with Crippen LogP contribution in [0.15, 0.2) is 41.5 Å². The Morgan fingerprint density at radius 3 is 2.52 bits per heavy atom. The second-order valence-electron chi connectivity index (χ2n) is 6.04. The van der Waals surface area contributed by atoms with E-state index < -0.39 is 21.9 Å². The molecule has 0 bridgehead atoms. The lowest BCUT2D eigenvalue weighted by molar-refractivity contribution is 0.373. The van der Waals surface area contributed by atoms with Crippen molar-refractivity contribution in [3.8, 4) is 11.5 Å². The summed E-state index contributed by atoms with van der Waals surface area (Å²) < 4.78 is 50.0. The Morgan fingerprint density at radius 2 is 1.93 bits per heavy atom. The summed E-state index contributed by atoms with van der Waals surface area (Å²) in [6, 6.07) is 8.74. The maximum Gasteiger partial charge on any atom is 0.247 e. The summed E-state index contributed by atoms with van der Waals surface area (Å²) in [5, 5.41) is 4.26. The van der Waals surface area contributed by atoms with Crippen molar-refractivity contribution in [3.63, 3.8) is 0 Å². The zero-order valence-electron chi connectivity index (χ0n) is 14.9. The number of hydrazone groups is 1. The minimum Gasteiger partial charge on any atom is -0.497 e. The van der Waals surface area contributed by atoms with Gasteiger partial charge >= 0.3 is 0 Å². The van der Waals surface area contributed by atoms with Crippen LogP contribution >= 0.6 is 11.6 Å². The van der Waals surface area contributed by atoms with Gasteiger partial charge in [-0.15, -0.1) is 0 Å². The van der Waals surface area contributed by atoms with Gasteiger partial charge in [-0.1, -0.05) is 17.7 Å². The lowest BCUT2D eigenvalue weighted by Crippen LogP contribution is -2.26. The number of sulfonamides is 1. The van der Waals surface area contributed by atoms with Gasteiger partial charge in [0, 0.05) is 18.1 Å². The van der Waals surface area contributed by atoms with E-state index in [1.54, 1.807) is 24.3 Å². The fraction of sp³-hybridized carbons (Fsp3) is 0.278. The largest absolute Gasteiger partial charge is 0.497 e. The number of methoxy groups -OCH3 is 2. The number of benzene rings is 2. The van der Waals surface area contributed by atoms with E-state index in [-0.39, 0.29) is 11.4 Å². The molecule has 3 rings (SSSR count). The van der Waals surface area contributed by atoms with Crippen LogP contribution in [-0.2, 0) is 10.0 Å². The van der Waals surface area contributed by atoms with Crippen molar-refractivity contribution in [2.75, 3.05) is 20.5 Å². The molecule has 0 spiro atoms. The maximum atomic E-state index is 13.9. The molecule has 1 aliphatic rings. The molecule has 144 valence electrons. The summed E-state index contributed by atoms with van der Waals surface area (Å²) in [5.74, 6) is 0.494. The summed E-state index contributed by atoms with van der Waals surface area (Å²) in [5.41, 5.74) is 1.62. The molecule has 6 nitrogen and oxygen atoms in total. The zero-order chi connectivity index (χ0) is 19.8. The van der Waals surface area contributed by atoms with Crippen molar-refractivity contribution >= 4 is 27.3 Å². The monoisotopic (exact) mass is 412 g/mol. The van der Waals surface area contributed by atoms with Gasteiger partial charge in [-0.2, -0.15) is 9.52 Å². The Labute approximate surface area is 162 Å². The van der Waals surface area contributed by atoms with E-state index in [0.29, 0.717) is 28.3 Å². The van der Waals surface area contributed by atoms with E-state index in [0.717, 1.165) is 10.7 Å². The lowest BCUT2D eigenvalue weighted by atomic mass is 9.98. The van der Waals surface area contributed by atoms with Gasteiger partial charge in [0.05, 0.1) is 37.3 Å². The molecule has 1 heterocycles. The quantitative estimate of drug-likeness (QED) is 0.752. The highest BCUT2D eigenvalue weighted by atomic mass is 35.5. The number of hydrogen-bond acceptors (Lipinski definition) is 5. The summed E-state index contributed by atoms with van der Waals surface area (Å²) >= 11 is 5.74. The number of nitrogens with zero attached hydrogens (tertiary/aromatic N) is 2. The van der Waals surface area contributed by atoms with Gasteiger partial charge in [-0.3, -0.25) is 0 Å². The third kappa shape index (κ3) is 3.86. The van der Waals surface area contributed by atoms with E-state index in [2.05, 4.69) is 5.10 Å². The molecule has 1 aliphatic heterocycles. The topological polar surface area (TPSA) is 68.2 Å². The molecule has 0 amide bonds. The van der Waals surface area contributed by atoms with Crippen LogP contribution in [0.4, 0.5) is 4.39 Å². The van der Waals surface area contributed by atoms with Crippen LogP contribution in [0.5, 0.6) is 11.5 Å². The van der Waals surface area contributed by atoms with Gasteiger partial charge in [0.2, 0.25) is 10.0 Å². The van der Waals surface area contributed by atoms with E-state index in [1.165, 1.54) is 26.4 Å². The predicted octanol–water partition coefficient (Wildman–Crippen LogP) is 3.61. The van der Waals surface area contributed by atoms with Crippen molar-refractivity contribution in [2.45, 2.75) is 12.5 Å². The summed E-state index contributed by atoms with van der Waals surface area (Å²) in [7, 11) is -0.623.